The lowest BCUT2D eigenvalue weighted by Gasteiger charge is -2.06. The number of ether oxygens (including phenoxy) is 1. The summed E-state index contributed by atoms with van der Waals surface area (Å²) in [7, 11) is 0. The number of hydrogen-bond donors (Lipinski definition) is 1. The van der Waals surface area contributed by atoms with Gasteiger partial charge in [0, 0.05) is 19.8 Å². The Morgan fingerprint density at radius 2 is 2.06 bits per heavy atom. The average molecular weight is 255 g/mol. The van der Waals surface area contributed by atoms with E-state index in [1.807, 2.05) is 0 Å². The Kier molecular flexibility index (Phi) is 5.08. The number of halogens is 2. The van der Waals surface area contributed by atoms with Crippen molar-refractivity contribution in [3.8, 4) is 0 Å². The Morgan fingerprint density at radius 1 is 1.22 bits per heavy atom. The van der Waals surface area contributed by atoms with Crippen LogP contribution in [0.25, 0.3) is 0 Å². The maximum absolute atomic E-state index is 12.9. The number of benzene rings is 1. The fraction of sp³-hybridized carbons (Fsp3) is 0.571. The molecule has 0 aliphatic heterocycles. The fourth-order valence-electron chi connectivity index (χ4n) is 1.72. The molecule has 1 N–H and O–H groups in total. The topological polar surface area (TPSA) is 21.3 Å². The largest absolute Gasteiger partial charge is 0.381 e. The molecule has 2 rings (SSSR count). The Bertz CT molecular complexity index is 380. The van der Waals surface area contributed by atoms with E-state index in [1.54, 1.807) is 6.07 Å². The van der Waals surface area contributed by atoms with Crippen LogP contribution in [0.3, 0.4) is 0 Å². The molecule has 0 amide bonds. The Labute approximate surface area is 106 Å². The quantitative estimate of drug-likeness (QED) is 0.721. The normalized spacial score (nSPS) is 15.0. The molecule has 1 saturated carbocycles. The summed E-state index contributed by atoms with van der Waals surface area (Å²) in [5.74, 6) is -0.783. The molecule has 0 atom stereocenters. The van der Waals surface area contributed by atoms with Crippen LogP contribution in [0.4, 0.5) is 8.78 Å². The molecule has 1 aromatic rings. The zero-order valence-electron chi connectivity index (χ0n) is 10.4. The summed E-state index contributed by atoms with van der Waals surface area (Å²) < 4.78 is 31.1. The smallest absolute Gasteiger partial charge is 0.159 e. The van der Waals surface area contributed by atoms with Gasteiger partial charge in [-0.1, -0.05) is 6.07 Å². The number of rotatable bonds is 8. The fourth-order valence-corrected chi connectivity index (χ4v) is 1.72. The van der Waals surface area contributed by atoms with Crippen molar-refractivity contribution in [2.45, 2.75) is 25.8 Å². The van der Waals surface area contributed by atoms with Crippen molar-refractivity contribution in [3.63, 3.8) is 0 Å². The second kappa shape index (κ2) is 6.81. The first kappa shape index (κ1) is 13.4. The molecular formula is C14H19F2NO. The van der Waals surface area contributed by atoms with Gasteiger partial charge in [0.2, 0.25) is 0 Å². The predicted octanol–water partition coefficient (Wildman–Crippen LogP) is 2.87. The van der Waals surface area contributed by atoms with Gasteiger partial charge < -0.3 is 10.1 Å². The third-order valence-corrected chi connectivity index (χ3v) is 3.01. The zero-order valence-corrected chi connectivity index (χ0v) is 10.4. The molecule has 0 saturated heterocycles. The minimum absolute atomic E-state index is 0.555. The predicted molar refractivity (Wildman–Crippen MR) is 66.2 cm³/mol. The van der Waals surface area contributed by atoms with E-state index < -0.39 is 11.6 Å². The molecule has 0 heterocycles. The van der Waals surface area contributed by atoms with Gasteiger partial charge in [0.15, 0.2) is 11.6 Å². The summed E-state index contributed by atoms with van der Waals surface area (Å²) in [6.45, 7) is 3.04. The van der Waals surface area contributed by atoms with Crippen molar-refractivity contribution in [2.75, 3.05) is 19.8 Å². The Morgan fingerprint density at radius 3 is 2.78 bits per heavy atom. The first-order valence-electron chi connectivity index (χ1n) is 6.48. The molecule has 0 bridgehead atoms. The molecule has 0 aromatic heterocycles. The van der Waals surface area contributed by atoms with E-state index in [0.29, 0.717) is 6.54 Å². The third-order valence-electron chi connectivity index (χ3n) is 3.01. The lowest BCUT2D eigenvalue weighted by atomic mass is 10.2. The SMILES string of the molecule is Fc1ccc(CNCCCOCC2CC2)cc1F. The van der Waals surface area contributed by atoms with Gasteiger partial charge in [-0.15, -0.1) is 0 Å². The van der Waals surface area contributed by atoms with Crippen molar-refractivity contribution in [2.24, 2.45) is 5.92 Å². The molecule has 1 aliphatic rings. The van der Waals surface area contributed by atoms with Gasteiger partial charge in [-0.05, 0) is 49.4 Å². The summed E-state index contributed by atoms with van der Waals surface area (Å²) in [6, 6.07) is 3.98. The summed E-state index contributed by atoms with van der Waals surface area (Å²) >= 11 is 0. The van der Waals surface area contributed by atoms with E-state index in [1.165, 1.54) is 18.9 Å². The van der Waals surface area contributed by atoms with Crippen LogP contribution in [0.2, 0.25) is 0 Å². The summed E-state index contributed by atoms with van der Waals surface area (Å²) in [5.41, 5.74) is 0.757. The maximum Gasteiger partial charge on any atom is 0.159 e. The lowest BCUT2D eigenvalue weighted by Crippen LogP contribution is -2.16. The molecule has 100 valence electrons. The minimum atomic E-state index is -0.799. The van der Waals surface area contributed by atoms with Gasteiger partial charge in [0.1, 0.15) is 0 Å². The van der Waals surface area contributed by atoms with Crippen LogP contribution in [0.15, 0.2) is 18.2 Å². The van der Waals surface area contributed by atoms with Gasteiger partial charge in [0.25, 0.3) is 0 Å². The molecule has 0 spiro atoms. The first-order valence-corrected chi connectivity index (χ1v) is 6.48. The molecule has 0 unspecified atom stereocenters. The zero-order chi connectivity index (χ0) is 12.8. The van der Waals surface area contributed by atoms with Crippen LogP contribution in [0.1, 0.15) is 24.8 Å². The van der Waals surface area contributed by atoms with Crippen LogP contribution in [0.5, 0.6) is 0 Å². The second-order valence-electron chi connectivity index (χ2n) is 4.80. The minimum Gasteiger partial charge on any atom is -0.381 e. The molecule has 2 nitrogen and oxygen atoms in total. The van der Waals surface area contributed by atoms with Crippen LogP contribution >= 0.6 is 0 Å². The highest BCUT2D eigenvalue weighted by Gasteiger charge is 2.20. The number of nitrogens with one attached hydrogen (secondary N) is 1. The van der Waals surface area contributed by atoms with Crippen molar-refractivity contribution < 1.29 is 13.5 Å². The van der Waals surface area contributed by atoms with Gasteiger partial charge in [0.05, 0.1) is 0 Å². The van der Waals surface area contributed by atoms with Gasteiger partial charge >= 0.3 is 0 Å². The van der Waals surface area contributed by atoms with Gasteiger partial charge in [-0.3, -0.25) is 0 Å². The van der Waals surface area contributed by atoms with E-state index in [-0.39, 0.29) is 0 Å². The summed E-state index contributed by atoms with van der Waals surface area (Å²) in [6.07, 6.45) is 3.57. The summed E-state index contributed by atoms with van der Waals surface area (Å²) in [5, 5.41) is 3.18. The van der Waals surface area contributed by atoms with Crippen LogP contribution in [0, 0.1) is 17.6 Å². The molecule has 1 aromatic carbocycles. The molecule has 1 fully saturated rings. The lowest BCUT2D eigenvalue weighted by molar-refractivity contribution is 0.122. The maximum atomic E-state index is 12.9. The van der Waals surface area contributed by atoms with Gasteiger partial charge in [-0.25, -0.2) is 8.78 Å². The van der Waals surface area contributed by atoms with Crippen molar-refractivity contribution in [3.05, 3.63) is 35.4 Å². The van der Waals surface area contributed by atoms with E-state index >= 15 is 0 Å². The average Bonchev–Trinajstić information content (AvgIpc) is 3.16. The highest BCUT2D eigenvalue weighted by atomic mass is 19.2. The standard InChI is InChI=1S/C14H19F2NO/c15-13-5-4-12(8-14(13)16)9-17-6-1-7-18-10-11-2-3-11/h4-5,8,11,17H,1-3,6-7,9-10H2. The summed E-state index contributed by atoms with van der Waals surface area (Å²) in [4.78, 5) is 0. The highest BCUT2D eigenvalue weighted by molar-refractivity contribution is 5.17. The Balaban J connectivity index is 1.52. The van der Waals surface area contributed by atoms with Crippen molar-refractivity contribution in [1.29, 1.82) is 0 Å². The van der Waals surface area contributed by atoms with Crippen molar-refractivity contribution >= 4 is 0 Å². The Hall–Kier alpha value is -1.00. The van der Waals surface area contributed by atoms with Crippen LogP contribution in [-0.2, 0) is 11.3 Å². The van der Waals surface area contributed by atoms with E-state index in [9.17, 15) is 8.78 Å². The van der Waals surface area contributed by atoms with Crippen molar-refractivity contribution in [1.82, 2.24) is 5.32 Å². The number of hydrogen-bond acceptors (Lipinski definition) is 2. The van der Waals surface area contributed by atoms with Crippen LogP contribution < -0.4 is 5.32 Å². The third kappa shape index (κ3) is 4.70. The first-order chi connectivity index (χ1) is 8.75. The highest BCUT2D eigenvalue weighted by Crippen LogP contribution is 2.28. The van der Waals surface area contributed by atoms with Gasteiger partial charge in [-0.2, -0.15) is 0 Å². The monoisotopic (exact) mass is 255 g/mol. The van der Waals surface area contributed by atoms with E-state index in [4.69, 9.17) is 4.74 Å². The second-order valence-corrected chi connectivity index (χ2v) is 4.80. The molecular weight excluding hydrogens is 236 g/mol. The molecule has 18 heavy (non-hydrogen) atoms. The molecule has 1 aliphatic carbocycles. The molecule has 0 radical (unpaired) electrons. The van der Waals surface area contributed by atoms with E-state index in [0.717, 1.165) is 43.7 Å². The van der Waals surface area contributed by atoms with Crippen LogP contribution in [-0.4, -0.2) is 19.8 Å². The van der Waals surface area contributed by atoms with E-state index in [2.05, 4.69) is 5.32 Å². The molecule has 4 heteroatoms.